The minimum atomic E-state index is -0.659. The number of hydrogen-bond donors (Lipinski definition) is 4. The number of nitrogens with zero attached hydrogens (tertiary/aromatic N) is 6. The molecule has 0 unspecified atom stereocenters. The Kier molecular flexibility index (Phi) is 5.90. The molecule has 1 aliphatic carbocycles. The molecule has 1 atom stereocenters. The van der Waals surface area contributed by atoms with E-state index in [4.69, 9.17) is 0 Å². The van der Waals surface area contributed by atoms with Gasteiger partial charge in [0, 0.05) is 12.1 Å². The molecule has 0 saturated heterocycles. The highest BCUT2D eigenvalue weighted by Gasteiger charge is 2.27. The molecule has 1 aliphatic rings. The van der Waals surface area contributed by atoms with Gasteiger partial charge in [-0.15, -0.1) is 15.3 Å². The van der Waals surface area contributed by atoms with E-state index in [1.54, 1.807) is 19.1 Å². The van der Waals surface area contributed by atoms with Gasteiger partial charge >= 0.3 is 5.69 Å². The topological polar surface area (TPSA) is 176 Å². The van der Waals surface area contributed by atoms with Crippen LogP contribution in [0.15, 0.2) is 47.3 Å². The monoisotopic (exact) mass is 528 g/mol. The number of H-pyrrole nitrogens is 2. The van der Waals surface area contributed by atoms with E-state index >= 15 is 0 Å². The van der Waals surface area contributed by atoms with Crippen molar-refractivity contribution in [2.75, 3.05) is 0 Å². The number of fused-ring (bicyclic) bond motifs is 2. The van der Waals surface area contributed by atoms with Crippen LogP contribution in [0.2, 0.25) is 0 Å². The zero-order chi connectivity index (χ0) is 27.1. The lowest BCUT2D eigenvalue weighted by Gasteiger charge is -2.15. The summed E-state index contributed by atoms with van der Waals surface area (Å²) in [7, 11) is 0. The van der Waals surface area contributed by atoms with Crippen LogP contribution in [-0.4, -0.2) is 52.0 Å². The SMILES string of the molecule is Cc1cc(CNC(=O)c2cc(C(=O)N[C@H]3CCc4cc(-c5nn[nH]n5)ccc43)n3c(=O)[nH]nc3n2)ccc1F. The number of halogens is 1. The fraction of sp³-hybridized carbons (Fsp3) is 0.200. The van der Waals surface area contributed by atoms with Crippen LogP contribution in [0.1, 0.15) is 55.7 Å². The minimum absolute atomic E-state index is 0.0848. The van der Waals surface area contributed by atoms with Crippen LogP contribution in [0, 0.1) is 12.7 Å². The molecule has 0 spiro atoms. The molecule has 2 aromatic carbocycles. The van der Waals surface area contributed by atoms with Crippen molar-refractivity contribution in [1.82, 2.24) is 50.8 Å². The summed E-state index contributed by atoms with van der Waals surface area (Å²) in [5.74, 6) is -1.12. The summed E-state index contributed by atoms with van der Waals surface area (Å²) in [6.07, 6.45) is 1.37. The highest BCUT2D eigenvalue weighted by Crippen LogP contribution is 2.33. The van der Waals surface area contributed by atoms with E-state index in [0.717, 1.165) is 27.5 Å². The van der Waals surface area contributed by atoms with Crippen LogP contribution in [-0.2, 0) is 13.0 Å². The predicted molar refractivity (Wildman–Crippen MR) is 134 cm³/mol. The van der Waals surface area contributed by atoms with E-state index < -0.39 is 17.5 Å². The maximum Gasteiger partial charge on any atom is 0.349 e. The van der Waals surface area contributed by atoms with E-state index in [-0.39, 0.29) is 35.6 Å². The summed E-state index contributed by atoms with van der Waals surface area (Å²) in [4.78, 5) is 42.9. The molecule has 2 amide bonds. The van der Waals surface area contributed by atoms with Crippen molar-refractivity contribution >= 4 is 17.6 Å². The van der Waals surface area contributed by atoms with Crippen LogP contribution < -0.4 is 16.3 Å². The van der Waals surface area contributed by atoms with Gasteiger partial charge in [-0.2, -0.15) is 5.21 Å². The molecule has 196 valence electrons. The van der Waals surface area contributed by atoms with Gasteiger partial charge in [-0.05, 0) is 65.4 Å². The summed E-state index contributed by atoms with van der Waals surface area (Å²) in [6, 6.07) is 11.2. The van der Waals surface area contributed by atoms with Crippen molar-refractivity contribution in [3.63, 3.8) is 0 Å². The van der Waals surface area contributed by atoms with Crippen LogP contribution in [0.3, 0.4) is 0 Å². The lowest BCUT2D eigenvalue weighted by atomic mass is 10.0. The second-order valence-electron chi connectivity index (χ2n) is 9.17. The van der Waals surface area contributed by atoms with Crippen molar-refractivity contribution in [2.45, 2.75) is 32.4 Å². The molecule has 6 rings (SSSR count). The van der Waals surface area contributed by atoms with Gasteiger partial charge in [0.15, 0.2) is 0 Å². The quantitative estimate of drug-likeness (QED) is 0.256. The Balaban J connectivity index is 1.24. The third-order valence-corrected chi connectivity index (χ3v) is 6.66. The molecule has 0 aliphatic heterocycles. The van der Waals surface area contributed by atoms with Gasteiger partial charge in [-0.3, -0.25) is 9.59 Å². The van der Waals surface area contributed by atoms with E-state index in [1.165, 1.54) is 12.1 Å². The standard InChI is InChI=1S/C25H21FN10O3/c1-12-8-13(2-6-17(12)26)11-27-22(37)19-10-20(36-24(29-19)32-33-25(36)39)23(38)28-18-7-4-14-9-15(3-5-16(14)18)21-30-34-35-31-21/h2-3,5-6,8-10,18H,4,7,11H2,1H3,(H,27,37)(H,28,38)(H,33,39)(H,30,31,34,35)/t18-/m0/s1. The van der Waals surface area contributed by atoms with Gasteiger partial charge in [-0.25, -0.2) is 23.7 Å². The molecule has 0 fully saturated rings. The van der Waals surface area contributed by atoms with Gasteiger partial charge < -0.3 is 10.6 Å². The molecule has 0 bridgehead atoms. The third kappa shape index (κ3) is 4.52. The number of carbonyl (C=O) groups is 2. The molecular formula is C25H21FN10O3. The Morgan fingerprint density at radius 2 is 2.00 bits per heavy atom. The number of nitrogens with one attached hydrogen (secondary N) is 4. The largest absolute Gasteiger partial charge is 0.349 e. The van der Waals surface area contributed by atoms with E-state index in [9.17, 15) is 18.8 Å². The fourth-order valence-electron chi connectivity index (χ4n) is 4.71. The molecule has 14 heteroatoms. The van der Waals surface area contributed by atoms with Crippen molar-refractivity contribution in [1.29, 1.82) is 0 Å². The summed E-state index contributed by atoms with van der Waals surface area (Å²) in [6.45, 7) is 1.75. The second-order valence-corrected chi connectivity index (χ2v) is 9.17. The number of aromatic amines is 2. The first kappa shape index (κ1) is 24.1. The van der Waals surface area contributed by atoms with Crippen molar-refractivity contribution < 1.29 is 14.0 Å². The third-order valence-electron chi connectivity index (χ3n) is 6.66. The number of carbonyl (C=O) groups excluding carboxylic acids is 2. The molecule has 5 aromatic rings. The van der Waals surface area contributed by atoms with Gasteiger partial charge in [0.1, 0.15) is 17.2 Å². The highest BCUT2D eigenvalue weighted by molar-refractivity contribution is 5.98. The lowest BCUT2D eigenvalue weighted by molar-refractivity contribution is 0.0929. The Morgan fingerprint density at radius 1 is 1.13 bits per heavy atom. The number of benzene rings is 2. The number of tetrazole rings is 1. The average Bonchev–Trinajstić information content (AvgIpc) is 3.69. The molecule has 4 N–H and O–H groups in total. The van der Waals surface area contributed by atoms with Crippen molar-refractivity contribution in [3.05, 3.63) is 92.4 Å². The highest BCUT2D eigenvalue weighted by atomic mass is 19.1. The Morgan fingerprint density at radius 3 is 2.79 bits per heavy atom. The van der Waals surface area contributed by atoms with Gasteiger partial charge in [-0.1, -0.05) is 24.3 Å². The van der Waals surface area contributed by atoms with Crippen LogP contribution in [0.4, 0.5) is 4.39 Å². The molecule has 0 saturated carbocycles. The van der Waals surface area contributed by atoms with E-state index in [1.807, 2.05) is 18.2 Å². The number of rotatable bonds is 6. The minimum Gasteiger partial charge on any atom is -0.347 e. The number of aryl methyl sites for hydroxylation is 2. The maximum absolute atomic E-state index is 13.6. The second kappa shape index (κ2) is 9.55. The molecule has 3 heterocycles. The van der Waals surface area contributed by atoms with Crippen LogP contribution in [0.5, 0.6) is 0 Å². The molecule has 3 aromatic heterocycles. The zero-order valence-corrected chi connectivity index (χ0v) is 20.5. The van der Waals surface area contributed by atoms with Crippen molar-refractivity contribution in [3.8, 4) is 11.4 Å². The molecule has 13 nitrogen and oxygen atoms in total. The van der Waals surface area contributed by atoms with E-state index in [0.29, 0.717) is 23.4 Å². The number of amides is 2. The zero-order valence-electron chi connectivity index (χ0n) is 20.5. The summed E-state index contributed by atoms with van der Waals surface area (Å²) in [5, 5.41) is 25.8. The Labute approximate surface area is 218 Å². The van der Waals surface area contributed by atoms with Gasteiger partial charge in [0.05, 0.1) is 6.04 Å². The first-order chi connectivity index (χ1) is 18.9. The number of hydrogen-bond acceptors (Lipinski definition) is 8. The fourth-order valence-corrected chi connectivity index (χ4v) is 4.71. The van der Waals surface area contributed by atoms with E-state index in [2.05, 4.69) is 46.4 Å². The summed E-state index contributed by atoms with van der Waals surface area (Å²) < 4.78 is 14.6. The Hall–Kier alpha value is -5.27. The first-order valence-corrected chi connectivity index (χ1v) is 12.1. The summed E-state index contributed by atoms with van der Waals surface area (Å²) >= 11 is 0. The lowest BCUT2D eigenvalue weighted by Crippen LogP contribution is -2.32. The Bertz CT molecular complexity index is 1790. The smallest absolute Gasteiger partial charge is 0.347 e. The summed E-state index contributed by atoms with van der Waals surface area (Å²) in [5.41, 5.74) is 3.09. The van der Waals surface area contributed by atoms with Gasteiger partial charge in [0.2, 0.25) is 5.82 Å². The van der Waals surface area contributed by atoms with Crippen molar-refractivity contribution in [2.24, 2.45) is 0 Å². The average molecular weight is 529 g/mol. The molecule has 0 radical (unpaired) electrons. The normalized spacial score (nSPS) is 14.4. The maximum atomic E-state index is 13.6. The van der Waals surface area contributed by atoms with Crippen LogP contribution >= 0.6 is 0 Å². The molecular weight excluding hydrogens is 507 g/mol. The number of aromatic nitrogens is 8. The first-order valence-electron chi connectivity index (χ1n) is 12.1. The van der Waals surface area contributed by atoms with Crippen LogP contribution in [0.25, 0.3) is 17.2 Å². The molecule has 39 heavy (non-hydrogen) atoms. The predicted octanol–water partition coefficient (Wildman–Crippen LogP) is 1.39. The van der Waals surface area contributed by atoms with Gasteiger partial charge in [0.25, 0.3) is 17.6 Å².